The first-order valence-corrected chi connectivity index (χ1v) is 8.18. The predicted octanol–water partition coefficient (Wildman–Crippen LogP) is 2.89. The largest absolute Gasteiger partial charge is 0.481 e. The number of amides is 2. The van der Waals surface area contributed by atoms with E-state index in [4.69, 9.17) is 5.11 Å². The van der Waals surface area contributed by atoms with E-state index in [-0.39, 0.29) is 18.9 Å². The van der Waals surface area contributed by atoms with Crippen LogP contribution in [0.25, 0.3) is 11.1 Å². The number of hydrogen-bond acceptors (Lipinski definition) is 4. The molecule has 7 heteroatoms. The van der Waals surface area contributed by atoms with Crippen LogP contribution in [-0.2, 0) is 9.59 Å². The lowest BCUT2D eigenvalue weighted by Crippen LogP contribution is -2.27. The Morgan fingerprint density at radius 3 is 2.42 bits per heavy atom. The van der Waals surface area contributed by atoms with Crippen LogP contribution in [0.4, 0.5) is 5.00 Å². The molecule has 0 unspecified atom stereocenters. The van der Waals surface area contributed by atoms with Crippen LogP contribution in [0.2, 0.25) is 0 Å². The molecule has 0 aliphatic heterocycles. The van der Waals surface area contributed by atoms with E-state index in [1.807, 2.05) is 37.3 Å². The number of aliphatic carboxylic acids is 1. The van der Waals surface area contributed by atoms with E-state index in [2.05, 4.69) is 10.6 Å². The van der Waals surface area contributed by atoms with Crippen molar-refractivity contribution in [2.24, 2.45) is 0 Å². The number of nitrogens with one attached hydrogen (secondary N) is 2. The van der Waals surface area contributed by atoms with Gasteiger partial charge in [-0.1, -0.05) is 30.3 Å². The van der Waals surface area contributed by atoms with E-state index in [0.717, 1.165) is 16.0 Å². The molecule has 0 saturated heterocycles. The van der Waals surface area contributed by atoms with Crippen LogP contribution in [0.1, 0.15) is 28.6 Å². The fraction of sp³-hybridized carbons (Fsp3) is 0.235. The second-order valence-electron chi connectivity index (χ2n) is 5.18. The zero-order valence-corrected chi connectivity index (χ0v) is 14.2. The summed E-state index contributed by atoms with van der Waals surface area (Å²) >= 11 is 1.32. The summed E-state index contributed by atoms with van der Waals surface area (Å²) in [6.45, 7) is 3.28. The van der Waals surface area contributed by atoms with E-state index in [1.54, 1.807) is 0 Å². The molecule has 126 valence electrons. The first-order valence-electron chi connectivity index (χ1n) is 7.36. The number of carbonyl (C=O) groups excluding carboxylic acids is 2. The second-order valence-corrected chi connectivity index (χ2v) is 6.41. The number of carboxylic acid groups (broad SMARTS) is 1. The molecule has 6 nitrogen and oxygen atoms in total. The maximum atomic E-state index is 12.6. The molecular formula is C17H18N2O4S. The lowest BCUT2D eigenvalue weighted by molar-refractivity contribution is -0.136. The number of anilines is 1. The minimum absolute atomic E-state index is 0.0246. The summed E-state index contributed by atoms with van der Waals surface area (Å²) < 4.78 is 0. The van der Waals surface area contributed by atoms with Gasteiger partial charge in [-0.05, 0) is 12.5 Å². The van der Waals surface area contributed by atoms with E-state index in [1.165, 1.54) is 18.3 Å². The average molecular weight is 346 g/mol. The van der Waals surface area contributed by atoms with Crippen molar-refractivity contribution in [2.45, 2.75) is 20.3 Å². The van der Waals surface area contributed by atoms with Gasteiger partial charge in [0, 0.05) is 23.9 Å². The highest BCUT2D eigenvalue weighted by Gasteiger charge is 2.23. The number of aryl methyl sites for hydroxylation is 1. The van der Waals surface area contributed by atoms with Crippen molar-refractivity contribution in [1.29, 1.82) is 0 Å². The number of rotatable bonds is 6. The van der Waals surface area contributed by atoms with Crippen LogP contribution in [-0.4, -0.2) is 29.4 Å². The van der Waals surface area contributed by atoms with Crippen LogP contribution in [0.3, 0.4) is 0 Å². The molecule has 0 spiro atoms. The van der Waals surface area contributed by atoms with Gasteiger partial charge in [0.1, 0.15) is 5.00 Å². The first kappa shape index (κ1) is 17.7. The number of benzene rings is 1. The number of hydrogen-bond donors (Lipinski definition) is 3. The van der Waals surface area contributed by atoms with Gasteiger partial charge in [0.25, 0.3) is 5.91 Å². The molecule has 0 atom stereocenters. The molecule has 0 aliphatic rings. The SMILES string of the molecule is CC(=O)Nc1sc(C)c(-c2ccccc2)c1C(=O)NCCC(=O)O. The highest BCUT2D eigenvalue weighted by atomic mass is 32.1. The fourth-order valence-electron chi connectivity index (χ4n) is 2.33. The van der Waals surface area contributed by atoms with Gasteiger partial charge < -0.3 is 15.7 Å². The molecule has 0 radical (unpaired) electrons. The highest BCUT2D eigenvalue weighted by Crippen LogP contribution is 2.39. The molecule has 1 aromatic carbocycles. The van der Waals surface area contributed by atoms with Crippen molar-refractivity contribution in [3.63, 3.8) is 0 Å². The zero-order chi connectivity index (χ0) is 17.7. The zero-order valence-electron chi connectivity index (χ0n) is 13.4. The van der Waals surface area contributed by atoms with Gasteiger partial charge in [-0.2, -0.15) is 0 Å². The number of carbonyl (C=O) groups is 3. The third kappa shape index (κ3) is 4.20. The van der Waals surface area contributed by atoms with Crippen LogP contribution in [0.15, 0.2) is 30.3 Å². The minimum Gasteiger partial charge on any atom is -0.481 e. The molecule has 2 rings (SSSR count). The van der Waals surface area contributed by atoms with Crippen molar-refractivity contribution in [1.82, 2.24) is 5.32 Å². The monoisotopic (exact) mass is 346 g/mol. The summed E-state index contributed by atoms with van der Waals surface area (Å²) in [7, 11) is 0. The number of carboxylic acids is 1. The van der Waals surface area contributed by atoms with Crippen LogP contribution in [0.5, 0.6) is 0 Å². The highest BCUT2D eigenvalue weighted by molar-refractivity contribution is 7.17. The normalized spacial score (nSPS) is 10.2. The average Bonchev–Trinajstić information content (AvgIpc) is 2.83. The van der Waals surface area contributed by atoms with Gasteiger partial charge in [-0.3, -0.25) is 14.4 Å². The maximum Gasteiger partial charge on any atom is 0.305 e. The molecule has 2 amide bonds. The Balaban J connectivity index is 2.43. The molecule has 0 aliphatic carbocycles. The van der Waals surface area contributed by atoms with Crippen molar-refractivity contribution in [3.8, 4) is 11.1 Å². The molecule has 1 heterocycles. The van der Waals surface area contributed by atoms with Gasteiger partial charge in [0.05, 0.1) is 12.0 Å². The first-order chi connectivity index (χ1) is 11.4. The molecule has 0 fully saturated rings. The Morgan fingerprint density at radius 1 is 1.17 bits per heavy atom. The van der Waals surface area contributed by atoms with E-state index >= 15 is 0 Å². The van der Waals surface area contributed by atoms with Crippen molar-refractivity contribution in [2.75, 3.05) is 11.9 Å². The molecular weight excluding hydrogens is 328 g/mol. The van der Waals surface area contributed by atoms with Crippen LogP contribution >= 0.6 is 11.3 Å². The smallest absolute Gasteiger partial charge is 0.305 e. The van der Waals surface area contributed by atoms with E-state index in [0.29, 0.717) is 10.6 Å². The fourth-order valence-corrected chi connectivity index (χ4v) is 3.45. The third-order valence-corrected chi connectivity index (χ3v) is 4.31. The molecule has 0 bridgehead atoms. The topological polar surface area (TPSA) is 95.5 Å². The summed E-state index contributed by atoms with van der Waals surface area (Å²) in [6, 6.07) is 9.40. The van der Waals surface area contributed by atoms with Crippen molar-refractivity contribution >= 4 is 34.1 Å². The second kappa shape index (κ2) is 7.74. The Morgan fingerprint density at radius 2 is 1.83 bits per heavy atom. The lowest BCUT2D eigenvalue weighted by Gasteiger charge is -2.09. The molecule has 2 aromatic rings. The summed E-state index contributed by atoms with van der Waals surface area (Å²) in [4.78, 5) is 35.5. The minimum atomic E-state index is -0.984. The van der Waals surface area contributed by atoms with Gasteiger partial charge in [-0.15, -0.1) is 11.3 Å². The molecule has 1 aromatic heterocycles. The summed E-state index contributed by atoms with van der Waals surface area (Å²) in [5.41, 5.74) is 1.98. The van der Waals surface area contributed by atoms with Gasteiger partial charge in [0.15, 0.2) is 0 Å². The van der Waals surface area contributed by atoms with Crippen molar-refractivity contribution < 1.29 is 19.5 Å². The van der Waals surface area contributed by atoms with Crippen molar-refractivity contribution in [3.05, 3.63) is 40.8 Å². The Hall–Kier alpha value is -2.67. The lowest BCUT2D eigenvalue weighted by atomic mass is 10.0. The standard InChI is InChI=1S/C17H18N2O4S/c1-10-14(12-6-4-3-5-7-12)15(17(24-10)19-11(2)20)16(23)18-9-8-13(21)22/h3-7H,8-9H2,1-2H3,(H,18,23)(H,19,20)(H,21,22). The summed E-state index contributed by atoms with van der Waals surface area (Å²) in [5, 5.41) is 14.5. The third-order valence-electron chi connectivity index (χ3n) is 3.29. The Labute approximate surface area is 143 Å². The maximum absolute atomic E-state index is 12.6. The van der Waals surface area contributed by atoms with E-state index in [9.17, 15) is 14.4 Å². The predicted molar refractivity (Wildman–Crippen MR) is 93.4 cm³/mol. The van der Waals surface area contributed by atoms with E-state index < -0.39 is 11.9 Å². The quantitative estimate of drug-likeness (QED) is 0.749. The Bertz CT molecular complexity index is 768. The summed E-state index contributed by atoms with van der Waals surface area (Å²) in [5.74, 6) is -1.65. The molecule has 24 heavy (non-hydrogen) atoms. The van der Waals surface area contributed by atoms with Gasteiger partial charge >= 0.3 is 5.97 Å². The van der Waals surface area contributed by atoms with Gasteiger partial charge in [-0.25, -0.2) is 0 Å². The van der Waals surface area contributed by atoms with Gasteiger partial charge in [0.2, 0.25) is 5.91 Å². The Kier molecular flexibility index (Phi) is 5.70. The summed E-state index contributed by atoms with van der Waals surface area (Å²) in [6.07, 6.45) is -0.162. The van der Waals surface area contributed by atoms with Crippen LogP contribution in [0, 0.1) is 6.92 Å². The van der Waals surface area contributed by atoms with Crippen LogP contribution < -0.4 is 10.6 Å². The molecule has 0 saturated carbocycles. The molecule has 3 N–H and O–H groups in total. The number of thiophene rings is 1.